The molecule has 1 N–H and O–H groups in total. The molecule has 0 aliphatic heterocycles. The van der Waals surface area contributed by atoms with Gasteiger partial charge < -0.3 is 5.11 Å². The molecular weight excluding hydrogens is 218 g/mol. The summed E-state index contributed by atoms with van der Waals surface area (Å²) in [5, 5.41) is 10.2. The zero-order valence-electron chi connectivity index (χ0n) is 7.91. The van der Waals surface area contributed by atoms with Crippen LogP contribution in [-0.4, -0.2) is 24.5 Å². The van der Waals surface area contributed by atoms with Gasteiger partial charge in [-0.25, -0.2) is 0 Å². The Balaban J connectivity index is 2.64. The first-order valence-corrected chi connectivity index (χ1v) is 5.98. The highest BCUT2D eigenvalue weighted by molar-refractivity contribution is 7.86. The second kappa shape index (κ2) is 3.16. The molecule has 0 aliphatic carbocycles. The van der Waals surface area contributed by atoms with Crippen molar-refractivity contribution in [2.24, 2.45) is 0 Å². The van der Waals surface area contributed by atoms with Crippen LogP contribution in [0, 0.1) is 0 Å². The minimum Gasteiger partial charge on any atom is -0.492 e. The van der Waals surface area contributed by atoms with Crippen LogP contribution in [0.25, 0.3) is 10.9 Å². The van der Waals surface area contributed by atoms with E-state index in [-0.39, 0.29) is 5.88 Å². The summed E-state index contributed by atoms with van der Waals surface area (Å²) in [5.74, 6) is -0.248. The summed E-state index contributed by atoms with van der Waals surface area (Å²) in [5.41, 5.74) is 0.500. The number of para-hydroxylation sites is 1. The van der Waals surface area contributed by atoms with Gasteiger partial charge in [0.15, 0.2) is 0 Å². The zero-order chi connectivity index (χ0) is 11.1. The Kier molecular flexibility index (Phi) is 2.08. The first-order valence-electron chi connectivity index (χ1n) is 4.17. The fourth-order valence-electron chi connectivity index (χ4n) is 1.33. The Labute approximate surface area is 86.6 Å². The summed E-state index contributed by atoms with van der Waals surface area (Å²) in [6.45, 7) is 0. The van der Waals surface area contributed by atoms with Crippen LogP contribution in [0.5, 0.6) is 5.88 Å². The molecule has 0 unspecified atom stereocenters. The molecule has 1 aromatic carbocycles. The van der Waals surface area contributed by atoms with Gasteiger partial charge in [0.25, 0.3) is 0 Å². The first kappa shape index (κ1) is 9.85. The standard InChI is InChI=1S/C9H9NO4S/c1-15(12,13)14-10-8-5-3-2-4-7(8)6-9(10)11/h2-6,11H,1H3. The van der Waals surface area contributed by atoms with Gasteiger partial charge in [-0.05, 0) is 6.07 Å². The Bertz CT molecular complexity index is 600. The smallest absolute Gasteiger partial charge is 0.324 e. The summed E-state index contributed by atoms with van der Waals surface area (Å²) < 4.78 is 27.4. The largest absolute Gasteiger partial charge is 0.492 e. The molecule has 0 spiro atoms. The summed E-state index contributed by atoms with van der Waals surface area (Å²) in [6.07, 6.45) is 0.918. The van der Waals surface area contributed by atoms with Crippen molar-refractivity contribution in [3.63, 3.8) is 0 Å². The van der Waals surface area contributed by atoms with Crippen LogP contribution in [0.4, 0.5) is 0 Å². The molecule has 0 saturated heterocycles. The lowest BCUT2D eigenvalue weighted by atomic mass is 10.3. The topological polar surface area (TPSA) is 68.5 Å². The van der Waals surface area contributed by atoms with E-state index in [2.05, 4.69) is 4.28 Å². The van der Waals surface area contributed by atoms with Crippen molar-refractivity contribution in [1.82, 2.24) is 4.73 Å². The molecule has 80 valence electrons. The molecular formula is C9H9NO4S. The minimum atomic E-state index is -3.66. The Morgan fingerprint density at radius 2 is 2.00 bits per heavy atom. The molecule has 0 fully saturated rings. The average Bonchev–Trinajstić information content (AvgIpc) is 2.41. The lowest BCUT2D eigenvalue weighted by Crippen LogP contribution is -2.17. The fraction of sp³-hybridized carbons (Fsp3) is 0.111. The normalized spacial score (nSPS) is 11.8. The van der Waals surface area contributed by atoms with E-state index in [1.54, 1.807) is 24.3 Å². The summed E-state index contributed by atoms with van der Waals surface area (Å²) in [6, 6.07) is 8.34. The molecule has 0 saturated carbocycles. The second-order valence-electron chi connectivity index (χ2n) is 3.13. The van der Waals surface area contributed by atoms with Crippen LogP contribution < -0.4 is 4.28 Å². The fourth-order valence-corrected chi connectivity index (χ4v) is 1.76. The van der Waals surface area contributed by atoms with Crippen molar-refractivity contribution in [3.8, 4) is 5.88 Å². The van der Waals surface area contributed by atoms with E-state index in [9.17, 15) is 13.5 Å². The predicted octanol–water partition coefficient (Wildman–Crippen LogP) is 0.735. The molecule has 6 heteroatoms. The predicted molar refractivity (Wildman–Crippen MR) is 55.0 cm³/mol. The second-order valence-corrected chi connectivity index (χ2v) is 4.69. The number of aromatic nitrogens is 1. The molecule has 15 heavy (non-hydrogen) atoms. The molecule has 5 nitrogen and oxygen atoms in total. The minimum absolute atomic E-state index is 0.248. The monoisotopic (exact) mass is 227 g/mol. The lowest BCUT2D eigenvalue weighted by Gasteiger charge is -2.05. The van der Waals surface area contributed by atoms with Gasteiger partial charge in [-0.15, -0.1) is 4.73 Å². The molecule has 0 bridgehead atoms. The van der Waals surface area contributed by atoms with E-state index in [0.29, 0.717) is 10.9 Å². The van der Waals surface area contributed by atoms with Crippen molar-refractivity contribution in [1.29, 1.82) is 0 Å². The van der Waals surface area contributed by atoms with Crippen LogP contribution in [0.15, 0.2) is 30.3 Å². The Morgan fingerprint density at radius 3 is 2.67 bits per heavy atom. The van der Waals surface area contributed by atoms with Crippen molar-refractivity contribution in [2.45, 2.75) is 0 Å². The van der Waals surface area contributed by atoms with Crippen LogP contribution in [0.3, 0.4) is 0 Å². The Morgan fingerprint density at radius 1 is 1.33 bits per heavy atom. The number of nitrogens with zero attached hydrogens (tertiary/aromatic N) is 1. The molecule has 0 radical (unpaired) electrons. The number of aromatic hydroxyl groups is 1. The third kappa shape index (κ3) is 1.89. The maximum atomic E-state index is 10.9. The first-order chi connectivity index (χ1) is 6.97. The van der Waals surface area contributed by atoms with Gasteiger partial charge in [-0.2, -0.15) is 8.42 Å². The average molecular weight is 227 g/mol. The highest BCUT2D eigenvalue weighted by atomic mass is 32.2. The number of hydrogen-bond donors (Lipinski definition) is 1. The highest BCUT2D eigenvalue weighted by Gasteiger charge is 2.12. The van der Waals surface area contributed by atoms with Crippen molar-refractivity contribution in [2.75, 3.05) is 6.26 Å². The molecule has 2 aromatic rings. The van der Waals surface area contributed by atoms with Gasteiger partial charge in [0.05, 0.1) is 11.8 Å². The summed E-state index contributed by atoms with van der Waals surface area (Å²) >= 11 is 0. The van der Waals surface area contributed by atoms with Crippen LogP contribution in [-0.2, 0) is 10.1 Å². The maximum Gasteiger partial charge on any atom is 0.324 e. The molecule has 1 aromatic heterocycles. The molecule has 0 atom stereocenters. The van der Waals surface area contributed by atoms with E-state index in [4.69, 9.17) is 0 Å². The molecule has 0 aliphatic rings. The zero-order valence-corrected chi connectivity index (χ0v) is 8.73. The van der Waals surface area contributed by atoms with Gasteiger partial charge in [-0.1, -0.05) is 18.2 Å². The molecule has 2 rings (SSSR count). The number of benzene rings is 1. The Hall–Kier alpha value is -1.69. The van der Waals surface area contributed by atoms with Crippen LogP contribution in [0.1, 0.15) is 0 Å². The third-order valence-electron chi connectivity index (χ3n) is 1.86. The van der Waals surface area contributed by atoms with Crippen LogP contribution >= 0.6 is 0 Å². The van der Waals surface area contributed by atoms with E-state index < -0.39 is 10.1 Å². The SMILES string of the molecule is CS(=O)(=O)On1c(O)cc2ccccc21. The number of rotatable bonds is 2. The van der Waals surface area contributed by atoms with Gasteiger partial charge >= 0.3 is 10.1 Å². The summed E-state index contributed by atoms with van der Waals surface area (Å²) in [7, 11) is -3.66. The number of hydrogen-bond acceptors (Lipinski definition) is 4. The highest BCUT2D eigenvalue weighted by Crippen LogP contribution is 2.23. The van der Waals surface area contributed by atoms with Gasteiger partial charge in [0.1, 0.15) is 0 Å². The van der Waals surface area contributed by atoms with Gasteiger partial charge in [0, 0.05) is 11.5 Å². The van der Waals surface area contributed by atoms with E-state index >= 15 is 0 Å². The molecule has 0 amide bonds. The third-order valence-corrected chi connectivity index (χ3v) is 2.28. The van der Waals surface area contributed by atoms with E-state index in [1.165, 1.54) is 6.07 Å². The van der Waals surface area contributed by atoms with E-state index in [0.717, 1.165) is 11.0 Å². The molecule has 1 heterocycles. The lowest BCUT2D eigenvalue weighted by molar-refractivity contribution is 0.249. The van der Waals surface area contributed by atoms with Crippen molar-refractivity contribution >= 4 is 21.0 Å². The van der Waals surface area contributed by atoms with Crippen LogP contribution in [0.2, 0.25) is 0 Å². The summed E-state index contributed by atoms with van der Waals surface area (Å²) in [4.78, 5) is 0. The van der Waals surface area contributed by atoms with Gasteiger partial charge in [-0.3, -0.25) is 4.28 Å². The van der Waals surface area contributed by atoms with Gasteiger partial charge in [0.2, 0.25) is 5.88 Å². The quantitative estimate of drug-likeness (QED) is 0.821. The van der Waals surface area contributed by atoms with Crippen molar-refractivity contribution in [3.05, 3.63) is 30.3 Å². The van der Waals surface area contributed by atoms with Crippen molar-refractivity contribution < 1.29 is 17.8 Å². The van der Waals surface area contributed by atoms with E-state index in [1.807, 2.05) is 0 Å². The maximum absolute atomic E-state index is 10.9. The number of fused-ring (bicyclic) bond motifs is 1.